The number of hydrogen-bond donors (Lipinski definition) is 2. The van der Waals surface area contributed by atoms with Crippen molar-refractivity contribution in [2.24, 2.45) is 23.7 Å². The van der Waals surface area contributed by atoms with Gasteiger partial charge in [0.15, 0.2) is 0 Å². The second-order valence-corrected chi connectivity index (χ2v) is 6.85. The number of aliphatic carboxylic acids is 1. The van der Waals surface area contributed by atoms with Crippen LogP contribution in [-0.2, 0) is 4.79 Å². The molecule has 2 N–H and O–H groups in total. The highest BCUT2D eigenvalue weighted by Gasteiger charge is 2.32. The fourth-order valence-corrected chi connectivity index (χ4v) is 3.45. The molecular weight excluding hydrogens is 306 g/mol. The predicted molar refractivity (Wildman–Crippen MR) is 90.3 cm³/mol. The van der Waals surface area contributed by atoms with Gasteiger partial charge < -0.3 is 10.4 Å². The largest absolute Gasteiger partial charge is 0.481 e. The van der Waals surface area contributed by atoms with E-state index in [0.717, 1.165) is 12.0 Å². The molecule has 0 saturated heterocycles. The number of amides is 1. The number of aromatic nitrogens is 2. The summed E-state index contributed by atoms with van der Waals surface area (Å²) in [6.45, 7) is 6.82. The zero-order valence-electron chi connectivity index (χ0n) is 14.4. The number of hydrogen-bond acceptors (Lipinski definition) is 4. The molecule has 0 spiro atoms. The van der Waals surface area contributed by atoms with E-state index in [2.05, 4.69) is 35.2 Å². The summed E-state index contributed by atoms with van der Waals surface area (Å²) in [6, 6.07) is 0. The molecule has 1 aliphatic carbocycles. The molecule has 1 amide bonds. The van der Waals surface area contributed by atoms with Crippen molar-refractivity contribution in [3.8, 4) is 0 Å². The van der Waals surface area contributed by atoms with Crippen molar-refractivity contribution < 1.29 is 14.7 Å². The van der Waals surface area contributed by atoms with E-state index in [-0.39, 0.29) is 24.2 Å². The summed E-state index contributed by atoms with van der Waals surface area (Å²) in [5, 5.41) is 12.0. The van der Waals surface area contributed by atoms with Gasteiger partial charge in [-0.3, -0.25) is 9.59 Å². The van der Waals surface area contributed by atoms with Crippen molar-refractivity contribution >= 4 is 11.9 Å². The van der Waals surface area contributed by atoms with E-state index in [1.807, 2.05) is 6.92 Å². The number of carboxylic acid groups (broad SMARTS) is 1. The summed E-state index contributed by atoms with van der Waals surface area (Å²) in [4.78, 5) is 30.9. The average Bonchev–Trinajstić information content (AvgIpc) is 2.54. The van der Waals surface area contributed by atoms with E-state index in [0.29, 0.717) is 23.9 Å². The summed E-state index contributed by atoms with van der Waals surface area (Å²) in [6.07, 6.45) is 7.54. The fraction of sp³-hybridized carbons (Fsp3) is 0.556. The second-order valence-electron chi connectivity index (χ2n) is 6.85. The molecule has 2 rings (SSSR count). The third-order valence-corrected chi connectivity index (χ3v) is 4.83. The Bertz CT molecular complexity index is 613. The van der Waals surface area contributed by atoms with Crippen LogP contribution in [0, 0.1) is 23.7 Å². The molecule has 0 radical (unpaired) electrons. The molecule has 130 valence electrons. The smallest absolute Gasteiger partial charge is 0.303 e. The van der Waals surface area contributed by atoms with Gasteiger partial charge in [0, 0.05) is 18.9 Å². The first-order chi connectivity index (χ1) is 11.4. The zero-order chi connectivity index (χ0) is 17.7. The molecule has 0 saturated carbocycles. The standard InChI is InChI=1S/C18H25N3O3/c1-11(2)16-5-13(6-17(22)23)12(3)4-14(16)9-21-18(24)15-7-19-10-20-8-15/h4,7-8,10-11,13-14,16H,5-6,9H2,1-3H3,(H,21,24)(H,22,23). The van der Waals surface area contributed by atoms with Crippen LogP contribution in [0.2, 0.25) is 0 Å². The second kappa shape index (κ2) is 8.04. The van der Waals surface area contributed by atoms with Crippen LogP contribution in [-0.4, -0.2) is 33.5 Å². The summed E-state index contributed by atoms with van der Waals surface area (Å²) < 4.78 is 0. The minimum Gasteiger partial charge on any atom is -0.481 e. The van der Waals surface area contributed by atoms with Gasteiger partial charge in [-0.2, -0.15) is 0 Å². The van der Waals surface area contributed by atoms with Crippen LogP contribution in [0.5, 0.6) is 0 Å². The van der Waals surface area contributed by atoms with Crippen LogP contribution in [0.1, 0.15) is 44.0 Å². The van der Waals surface area contributed by atoms with E-state index in [1.54, 1.807) is 0 Å². The van der Waals surface area contributed by atoms with Gasteiger partial charge in [0.2, 0.25) is 0 Å². The quantitative estimate of drug-likeness (QED) is 0.782. The number of nitrogens with one attached hydrogen (secondary N) is 1. The molecular formula is C18H25N3O3. The number of rotatable bonds is 6. The lowest BCUT2D eigenvalue weighted by atomic mass is 9.70. The Morgan fingerprint density at radius 2 is 2.00 bits per heavy atom. The van der Waals surface area contributed by atoms with Gasteiger partial charge in [0.25, 0.3) is 5.91 Å². The zero-order valence-corrected chi connectivity index (χ0v) is 14.4. The van der Waals surface area contributed by atoms with E-state index in [1.165, 1.54) is 18.7 Å². The molecule has 0 aliphatic heterocycles. The molecule has 6 nitrogen and oxygen atoms in total. The molecule has 24 heavy (non-hydrogen) atoms. The van der Waals surface area contributed by atoms with Crippen LogP contribution in [0.3, 0.4) is 0 Å². The minimum absolute atomic E-state index is 0.0874. The van der Waals surface area contributed by atoms with Gasteiger partial charge in [-0.05, 0) is 37.0 Å². The topological polar surface area (TPSA) is 92.2 Å². The van der Waals surface area contributed by atoms with Crippen molar-refractivity contribution in [1.82, 2.24) is 15.3 Å². The Hall–Kier alpha value is -2.24. The number of carboxylic acids is 1. The summed E-state index contributed by atoms with van der Waals surface area (Å²) in [7, 11) is 0. The Labute approximate surface area is 142 Å². The van der Waals surface area contributed by atoms with E-state index in [4.69, 9.17) is 5.11 Å². The first-order valence-corrected chi connectivity index (χ1v) is 8.31. The number of allylic oxidation sites excluding steroid dienone is 1. The van der Waals surface area contributed by atoms with E-state index in [9.17, 15) is 9.59 Å². The van der Waals surface area contributed by atoms with Crippen LogP contribution in [0.25, 0.3) is 0 Å². The molecule has 1 aliphatic rings. The average molecular weight is 331 g/mol. The first kappa shape index (κ1) is 18.1. The summed E-state index contributed by atoms with van der Waals surface area (Å²) in [5.41, 5.74) is 1.55. The third-order valence-electron chi connectivity index (χ3n) is 4.83. The van der Waals surface area contributed by atoms with Gasteiger partial charge in [0.05, 0.1) is 12.0 Å². The number of nitrogens with zero attached hydrogens (tertiary/aromatic N) is 2. The van der Waals surface area contributed by atoms with Crippen molar-refractivity contribution in [1.29, 1.82) is 0 Å². The maximum absolute atomic E-state index is 12.2. The normalized spacial score (nSPS) is 23.7. The lowest BCUT2D eigenvalue weighted by Gasteiger charge is -2.36. The lowest BCUT2D eigenvalue weighted by Crippen LogP contribution is -2.37. The van der Waals surface area contributed by atoms with Crippen LogP contribution < -0.4 is 5.32 Å². The maximum Gasteiger partial charge on any atom is 0.303 e. The van der Waals surface area contributed by atoms with E-state index >= 15 is 0 Å². The number of carbonyl (C=O) groups excluding carboxylic acids is 1. The first-order valence-electron chi connectivity index (χ1n) is 8.31. The van der Waals surface area contributed by atoms with Gasteiger partial charge in [0.1, 0.15) is 6.33 Å². The third kappa shape index (κ3) is 4.63. The van der Waals surface area contributed by atoms with Crippen molar-refractivity contribution in [2.75, 3.05) is 6.54 Å². The Morgan fingerprint density at radius 3 is 2.58 bits per heavy atom. The van der Waals surface area contributed by atoms with Crippen LogP contribution in [0.4, 0.5) is 0 Å². The number of carbonyl (C=O) groups is 2. The minimum atomic E-state index is -0.758. The fourth-order valence-electron chi connectivity index (χ4n) is 3.45. The molecule has 1 aromatic heterocycles. The lowest BCUT2D eigenvalue weighted by molar-refractivity contribution is -0.138. The van der Waals surface area contributed by atoms with Crippen LogP contribution >= 0.6 is 0 Å². The monoisotopic (exact) mass is 331 g/mol. The van der Waals surface area contributed by atoms with Gasteiger partial charge in [-0.25, -0.2) is 9.97 Å². The van der Waals surface area contributed by atoms with E-state index < -0.39 is 5.97 Å². The Kier molecular flexibility index (Phi) is 6.06. The summed E-state index contributed by atoms with van der Waals surface area (Å²) in [5.74, 6) is 0.133. The molecule has 0 fully saturated rings. The van der Waals surface area contributed by atoms with Gasteiger partial charge >= 0.3 is 5.97 Å². The molecule has 1 heterocycles. The Morgan fingerprint density at radius 1 is 1.33 bits per heavy atom. The highest BCUT2D eigenvalue weighted by atomic mass is 16.4. The van der Waals surface area contributed by atoms with Crippen LogP contribution in [0.15, 0.2) is 30.4 Å². The predicted octanol–water partition coefficient (Wildman–Crippen LogP) is 2.54. The highest BCUT2D eigenvalue weighted by Crippen LogP contribution is 2.38. The van der Waals surface area contributed by atoms with Gasteiger partial charge in [-0.1, -0.05) is 25.5 Å². The molecule has 1 aromatic rings. The Balaban J connectivity index is 2.05. The molecule has 3 unspecified atom stereocenters. The molecule has 0 bridgehead atoms. The highest BCUT2D eigenvalue weighted by molar-refractivity contribution is 5.93. The molecule has 0 aromatic carbocycles. The molecule has 6 heteroatoms. The molecule has 3 atom stereocenters. The van der Waals surface area contributed by atoms with Crippen molar-refractivity contribution in [3.63, 3.8) is 0 Å². The summed E-state index contributed by atoms with van der Waals surface area (Å²) >= 11 is 0. The van der Waals surface area contributed by atoms with Gasteiger partial charge in [-0.15, -0.1) is 0 Å². The SMILES string of the molecule is CC1=CC(CNC(=O)c2cncnc2)C(C(C)C)CC1CC(=O)O. The van der Waals surface area contributed by atoms with Crippen molar-refractivity contribution in [3.05, 3.63) is 35.9 Å². The van der Waals surface area contributed by atoms with Crippen molar-refractivity contribution in [2.45, 2.75) is 33.6 Å². The maximum atomic E-state index is 12.2.